The van der Waals surface area contributed by atoms with Crippen molar-refractivity contribution in [2.24, 2.45) is 0 Å². The van der Waals surface area contributed by atoms with E-state index in [0.717, 1.165) is 31.6 Å². The van der Waals surface area contributed by atoms with Gasteiger partial charge in [-0.05, 0) is 37.0 Å². The van der Waals surface area contributed by atoms with Gasteiger partial charge >= 0.3 is 0 Å². The van der Waals surface area contributed by atoms with Crippen molar-refractivity contribution in [2.45, 2.75) is 45.2 Å². The molecular weight excluding hydrogens is 239 g/mol. The number of nitrogens with zero attached hydrogens (tertiary/aromatic N) is 1. The first-order valence-electron chi connectivity index (χ1n) is 7.44. The van der Waals surface area contributed by atoms with Gasteiger partial charge in [-0.25, -0.2) is 4.39 Å². The Balaban J connectivity index is 1.92. The Hall–Kier alpha value is -0.930. The topological polar surface area (TPSA) is 15.3 Å². The third-order valence-corrected chi connectivity index (χ3v) is 4.15. The highest BCUT2D eigenvalue weighted by Crippen LogP contribution is 2.13. The molecule has 106 valence electrons. The third kappa shape index (κ3) is 4.02. The van der Waals surface area contributed by atoms with Gasteiger partial charge in [-0.15, -0.1) is 0 Å². The molecule has 1 aromatic carbocycles. The fourth-order valence-corrected chi connectivity index (χ4v) is 2.84. The molecule has 2 unspecified atom stereocenters. The lowest BCUT2D eigenvalue weighted by atomic mass is 10.0. The maximum Gasteiger partial charge on any atom is 0.123 e. The average molecular weight is 264 g/mol. The normalized spacial score (nSPS) is 24.6. The van der Waals surface area contributed by atoms with Crippen LogP contribution in [0.25, 0.3) is 0 Å². The molecule has 3 heteroatoms. The minimum Gasteiger partial charge on any atom is -0.311 e. The van der Waals surface area contributed by atoms with E-state index in [-0.39, 0.29) is 5.82 Å². The van der Waals surface area contributed by atoms with Crippen LogP contribution in [-0.4, -0.2) is 36.6 Å². The molecule has 0 bridgehead atoms. The summed E-state index contributed by atoms with van der Waals surface area (Å²) < 4.78 is 13.2. The Morgan fingerprint density at radius 2 is 2.16 bits per heavy atom. The van der Waals surface area contributed by atoms with Gasteiger partial charge in [-0.3, -0.25) is 4.90 Å². The molecule has 0 radical (unpaired) electrons. The molecule has 1 aliphatic heterocycles. The van der Waals surface area contributed by atoms with E-state index < -0.39 is 0 Å². The number of halogens is 1. The van der Waals surface area contributed by atoms with Crippen LogP contribution in [0.1, 0.15) is 32.3 Å². The van der Waals surface area contributed by atoms with Crippen molar-refractivity contribution in [3.63, 3.8) is 0 Å². The maximum atomic E-state index is 13.2. The second-order valence-corrected chi connectivity index (χ2v) is 5.45. The molecule has 1 aliphatic rings. The van der Waals surface area contributed by atoms with Crippen molar-refractivity contribution < 1.29 is 4.39 Å². The minimum atomic E-state index is -0.128. The number of piperazine rings is 1. The number of hydrogen-bond donors (Lipinski definition) is 1. The first-order valence-corrected chi connectivity index (χ1v) is 7.44. The summed E-state index contributed by atoms with van der Waals surface area (Å²) >= 11 is 0. The number of nitrogens with one attached hydrogen (secondary N) is 1. The monoisotopic (exact) mass is 264 g/mol. The standard InChI is InChI=1S/C16H25FN2/c1-3-15-12-19(16(4-2)11-18-15)9-8-13-6-5-7-14(17)10-13/h5-7,10,15-16,18H,3-4,8-9,11-12H2,1-2H3. The number of rotatable bonds is 5. The van der Waals surface area contributed by atoms with Gasteiger partial charge in [0.15, 0.2) is 0 Å². The minimum absolute atomic E-state index is 0.128. The molecular formula is C16H25FN2. The summed E-state index contributed by atoms with van der Waals surface area (Å²) in [5, 5.41) is 3.61. The number of benzene rings is 1. The summed E-state index contributed by atoms with van der Waals surface area (Å²) in [5.41, 5.74) is 1.10. The Morgan fingerprint density at radius 3 is 2.84 bits per heavy atom. The summed E-state index contributed by atoms with van der Waals surface area (Å²) in [5.74, 6) is -0.128. The van der Waals surface area contributed by atoms with Crippen LogP contribution in [0.5, 0.6) is 0 Å². The number of hydrogen-bond acceptors (Lipinski definition) is 2. The quantitative estimate of drug-likeness (QED) is 0.880. The fraction of sp³-hybridized carbons (Fsp3) is 0.625. The van der Waals surface area contributed by atoms with Crippen LogP contribution in [0.4, 0.5) is 4.39 Å². The zero-order chi connectivity index (χ0) is 13.7. The van der Waals surface area contributed by atoms with Crippen LogP contribution >= 0.6 is 0 Å². The fourth-order valence-electron chi connectivity index (χ4n) is 2.84. The summed E-state index contributed by atoms with van der Waals surface area (Å²) in [6.07, 6.45) is 3.28. The van der Waals surface area contributed by atoms with Gasteiger partial charge in [0.25, 0.3) is 0 Å². The lowest BCUT2D eigenvalue weighted by molar-refractivity contribution is 0.126. The van der Waals surface area contributed by atoms with Gasteiger partial charge in [0.1, 0.15) is 5.82 Å². The predicted octanol–water partition coefficient (Wildman–Crippen LogP) is 2.83. The lowest BCUT2D eigenvalue weighted by Gasteiger charge is -2.40. The van der Waals surface area contributed by atoms with E-state index in [0.29, 0.717) is 12.1 Å². The van der Waals surface area contributed by atoms with Gasteiger partial charge in [-0.1, -0.05) is 26.0 Å². The molecule has 0 spiro atoms. The van der Waals surface area contributed by atoms with Crippen molar-refractivity contribution in [3.05, 3.63) is 35.6 Å². The van der Waals surface area contributed by atoms with Crippen molar-refractivity contribution >= 4 is 0 Å². The van der Waals surface area contributed by atoms with Crippen molar-refractivity contribution in [1.29, 1.82) is 0 Å². The molecule has 1 aromatic rings. The zero-order valence-electron chi connectivity index (χ0n) is 12.0. The zero-order valence-corrected chi connectivity index (χ0v) is 12.0. The first kappa shape index (κ1) is 14.5. The third-order valence-electron chi connectivity index (χ3n) is 4.15. The molecule has 2 rings (SSSR count). The summed E-state index contributed by atoms with van der Waals surface area (Å²) in [6, 6.07) is 8.21. The van der Waals surface area contributed by atoms with E-state index in [9.17, 15) is 4.39 Å². The molecule has 0 aromatic heterocycles. The Labute approximate surface area is 116 Å². The molecule has 2 atom stereocenters. The predicted molar refractivity (Wildman–Crippen MR) is 77.8 cm³/mol. The highest BCUT2D eigenvalue weighted by molar-refractivity contribution is 5.16. The summed E-state index contributed by atoms with van der Waals surface area (Å²) in [7, 11) is 0. The highest BCUT2D eigenvalue weighted by Gasteiger charge is 2.25. The van der Waals surface area contributed by atoms with Crippen LogP contribution < -0.4 is 5.32 Å². The molecule has 1 N–H and O–H groups in total. The molecule has 0 saturated carbocycles. The van der Waals surface area contributed by atoms with Gasteiger partial charge in [0.2, 0.25) is 0 Å². The molecule has 1 saturated heterocycles. The van der Waals surface area contributed by atoms with E-state index in [4.69, 9.17) is 0 Å². The van der Waals surface area contributed by atoms with Crippen LogP contribution in [0.3, 0.4) is 0 Å². The first-order chi connectivity index (χ1) is 9.22. The van der Waals surface area contributed by atoms with Crippen molar-refractivity contribution in [2.75, 3.05) is 19.6 Å². The van der Waals surface area contributed by atoms with E-state index in [1.165, 1.54) is 18.9 Å². The van der Waals surface area contributed by atoms with Crippen LogP contribution in [0.15, 0.2) is 24.3 Å². The Morgan fingerprint density at radius 1 is 1.32 bits per heavy atom. The van der Waals surface area contributed by atoms with Crippen LogP contribution in [-0.2, 0) is 6.42 Å². The van der Waals surface area contributed by atoms with Crippen LogP contribution in [0, 0.1) is 5.82 Å². The van der Waals surface area contributed by atoms with Crippen molar-refractivity contribution in [3.8, 4) is 0 Å². The molecule has 19 heavy (non-hydrogen) atoms. The van der Waals surface area contributed by atoms with Gasteiger partial charge in [0.05, 0.1) is 0 Å². The summed E-state index contributed by atoms with van der Waals surface area (Å²) in [6.45, 7) is 7.70. The van der Waals surface area contributed by atoms with E-state index in [1.807, 2.05) is 6.07 Å². The van der Waals surface area contributed by atoms with Crippen LogP contribution in [0.2, 0.25) is 0 Å². The maximum absolute atomic E-state index is 13.2. The lowest BCUT2D eigenvalue weighted by Crippen LogP contribution is -2.56. The molecule has 2 nitrogen and oxygen atoms in total. The highest BCUT2D eigenvalue weighted by atomic mass is 19.1. The molecule has 1 fully saturated rings. The van der Waals surface area contributed by atoms with Gasteiger partial charge < -0.3 is 5.32 Å². The Kier molecular flexibility index (Phi) is 5.34. The van der Waals surface area contributed by atoms with E-state index in [2.05, 4.69) is 24.1 Å². The Bertz CT molecular complexity index is 394. The molecule has 0 aliphatic carbocycles. The summed E-state index contributed by atoms with van der Waals surface area (Å²) in [4.78, 5) is 2.57. The van der Waals surface area contributed by atoms with E-state index >= 15 is 0 Å². The average Bonchev–Trinajstić information content (AvgIpc) is 2.45. The van der Waals surface area contributed by atoms with Crippen molar-refractivity contribution in [1.82, 2.24) is 10.2 Å². The largest absolute Gasteiger partial charge is 0.311 e. The second-order valence-electron chi connectivity index (χ2n) is 5.45. The smallest absolute Gasteiger partial charge is 0.123 e. The molecule has 0 amide bonds. The van der Waals surface area contributed by atoms with Gasteiger partial charge in [0, 0.05) is 31.7 Å². The van der Waals surface area contributed by atoms with Gasteiger partial charge in [-0.2, -0.15) is 0 Å². The molecule has 1 heterocycles. The van der Waals surface area contributed by atoms with E-state index in [1.54, 1.807) is 12.1 Å². The SMILES string of the molecule is CCC1CN(CCc2cccc(F)c2)C(CC)CN1. The second kappa shape index (κ2) is 7.01.